The van der Waals surface area contributed by atoms with Crippen LogP contribution in [0.25, 0.3) is 0 Å². The number of carbonyl (C=O) groups is 1. The summed E-state index contributed by atoms with van der Waals surface area (Å²) in [5, 5.41) is 18.5. The van der Waals surface area contributed by atoms with Gasteiger partial charge in [-0.3, -0.25) is 9.59 Å². The van der Waals surface area contributed by atoms with Crippen molar-refractivity contribution in [1.82, 2.24) is 10.2 Å². The second kappa shape index (κ2) is 5.88. The Morgan fingerprint density at radius 3 is 2.67 bits per heavy atom. The Morgan fingerprint density at radius 1 is 1.33 bits per heavy atom. The van der Waals surface area contributed by atoms with E-state index in [1.54, 1.807) is 45.0 Å². The topological polar surface area (TPSA) is 95.1 Å². The molecule has 0 bridgehead atoms. The summed E-state index contributed by atoms with van der Waals surface area (Å²) in [6.07, 6.45) is -0.722. The normalized spacial score (nSPS) is 12.0. The highest BCUT2D eigenvalue weighted by Crippen LogP contribution is 2.22. The van der Waals surface area contributed by atoms with E-state index in [1.165, 1.54) is 0 Å². The average molecular weight is 287 g/mol. The lowest BCUT2D eigenvalue weighted by Gasteiger charge is -2.13. The summed E-state index contributed by atoms with van der Waals surface area (Å²) in [5.41, 5.74) is 1.68. The molecule has 0 saturated heterocycles. The lowest BCUT2D eigenvalue weighted by atomic mass is 10.1. The summed E-state index contributed by atoms with van der Waals surface area (Å²) >= 11 is 0. The van der Waals surface area contributed by atoms with Gasteiger partial charge in [-0.25, -0.2) is 5.10 Å². The molecule has 0 aliphatic heterocycles. The number of nitrogens with zero attached hydrogens (tertiary/aromatic N) is 1. The van der Waals surface area contributed by atoms with Crippen molar-refractivity contribution in [2.24, 2.45) is 0 Å². The van der Waals surface area contributed by atoms with E-state index in [-0.39, 0.29) is 5.56 Å². The number of benzene rings is 1. The number of H-pyrrole nitrogens is 1. The first-order chi connectivity index (χ1) is 9.91. The number of aromatic nitrogens is 2. The summed E-state index contributed by atoms with van der Waals surface area (Å²) < 4.78 is 0. The molecule has 110 valence electrons. The Kier molecular flexibility index (Phi) is 4.18. The molecule has 0 saturated carbocycles. The number of hydrogen-bond donors (Lipinski definition) is 3. The van der Waals surface area contributed by atoms with Gasteiger partial charge in [0.1, 0.15) is 5.56 Å². The smallest absolute Gasteiger partial charge is 0.277 e. The van der Waals surface area contributed by atoms with E-state index in [9.17, 15) is 14.7 Å². The third-order valence-electron chi connectivity index (χ3n) is 3.36. The number of nitrogens with one attached hydrogen (secondary N) is 2. The summed E-state index contributed by atoms with van der Waals surface area (Å²) in [6, 6.07) is 6.91. The van der Waals surface area contributed by atoms with Crippen LogP contribution in [-0.2, 0) is 0 Å². The molecule has 21 heavy (non-hydrogen) atoms. The van der Waals surface area contributed by atoms with E-state index < -0.39 is 17.6 Å². The Hall–Kier alpha value is -2.47. The summed E-state index contributed by atoms with van der Waals surface area (Å²) in [7, 11) is 0. The third kappa shape index (κ3) is 3.00. The maximum absolute atomic E-state index is 12.3. The molecule has 0 aliphatic carbocycles. The van der Waals surface area contributed by atoms with Crippen molar-refractivity contribution < 1.29 is 9.90 Å². The fourth-order valence-corrected chi connectivity index (χ4v) is 2.06. The predicted molar refractivity (Wildman–Crippen MR) is 79.4 cm³/mol. The van der Waals surface area contributed by atoms with Gasteiger partial charge in [0.25, 0.3) is 11.5 Å². The molecule has 0 spiro atoms. The largest absolute Gasteiger partial charge is 0.389 e. The fourth-order valence-electron chi connectivity index (χ4n) is 2.06. The van der Waals surface area contributed by atoms with Crippen molar-refractivity contribution in [3.8, 4) is 0 Å². The number of carbonyl (C=O) groups excluding carboxylic acids is 1. The molecule has 1 aromatic heterocycles. The van der Waals surface area contributed by atoms with Crippen LogP contribution >= 0.6 is 0 Å². The number of hydrogen-bond acceptors (Lipinski definition) is 4. The Bertz CT molecular complexity index is 735. The minimum Gasteiger partial charge on any atom is -0.389 e. The van der Waals surface area contributed by atoms with E-state index in [0.717, 1.165) is 0 Å². The highest BCUT2D eigenvalue weighted by molar-refractivity contribution is 6.05. The van der Waals surface area contributed by atoms with Gasteiger partial charge in [0.2, 0.25) is 0 Å². The highest BCUT2D eigenvalue weighted by atomic mass is 16.3. The molecule has 1 aromatic carbocycles. The van der Waals surface area contributed by atoms with Crippen LogP contribution in [0.4, 0.5) is 5.69 Å². The van der Waals surface area contributed by atoms with Crippen molar-refractivity contribution in [2.45, 2.75) is 26.9 Å². The van der Waals surface area contributed by atoms with Gasteiger partial charge in [-0.2, -0.15) is 5.10 Å². The molecule has 0 radical (unpaired) electrons. The zero-order valence-corrected chi connectivity index (χ0v) is 12.1. The molecule has 0 fully saturated rings. The fraction of sp³-hybridized carbons (Fsp3) is 0.267. The highest BCUT2D eigenvalue weighted by Gasteiger charge is 2.18. The van der Waals surface area contributed by atoms with Gasteiger partial charge < -0.3 is 10.4 Å². The van der Waals surface area contributed by atoms with Gasteiger partial charge in [0.05, 0.1) is 11.8 Å². The Labute approximate surface area is 121 Å². The Balaban J connectivity index is 2.40. The van der Waals surface area contributed by atoms with Crippen LogP contribution in [0.2, 0.25) is 0 Å². The maximum Gasteiger partial charge on any atom is 0.277 e. The first-order valence-corrected chi connectivity index (χ1v) is 6.56. The van der Waals surface area contributed by atoms with E-state index in [1.807, 2.05) is 0 Å². The van der Waals surface area contributed by atoms with Gasteiger partial charge in [0.15, 0.2) is 0 Å². The van der Waals surface area contributed by atoms with Gasteiger partial charge in [-0.05, 0) is 32.4 Å². The Morgan fingerprint density at radius 2 is 2.00 bits per heavy atom. The number of anilines is 1. The molecule has 2 aromatic rings. The van der Waals surface area contributed by atoms with Crippen LogP contribution in [-0.4, -0.2) is 21.2 Å². The van der Waals surface area contributed by atoms with E-state index in [4.69, 9.17) is 0 Å². The first-order valence-electron chi connectivity index (χ1n) is 6.56. The van der Waals surface area contributed by atoms with Crippen LogP contribution in [0.5, 0.6) is 0 Å². The first kappa shape index (κ1) is 14.9. The zero-order chi connectivity index (χ0) is 15.6. The number of amides is 1. The van der Waals surface area contributed by atoms with Gasteiger partial charge >= 0.3 is 0 Å². The maximum atomic E-state index is 12.3. The van der Waals surface area contributed by atoms with E-state index in [0.29, 0.717) is 22.5 Å². The van der Waals surface area contributed by atoms with Crippen molar-refractivity contribution >= 4 is 11.6 Å². The van der Waals surface area contributed by atoms with Gasteiger partial charge in [0, 0.05) is 11.3 Å². The van der Waals surface area contributed by atoms with Crippen LogP contribution in [0.15, 0.2) is 29.1 Å². The molecular weight excluding hydrogens is 270 g/mol. The number of para-hydroxylation sites is 1. The number of aliphatic hydroxyl groups is 1. The summed E-state index contributed by atoms with van der Waals surface area (Å²) in [5.74, 6) is -0.521. The summed E-state index contributed by atoms with van der Waals surface area (Å²) in [4.78, 5) is 24.2. The monoisotopic (exact) mass is 287 g/mol. The number of rotatable bonds is 3. The molecule has 6 nitrogen and oxygen atoms in total. The third-order valence-corrected chi connectivity index (χ3v) is 3.36. The second-order valence-corrected chi connectivity index (χ2v) is 4.86. The van der Waals surface area contributed by atoms with Crippen LogP contribution < -0.4 is 10.9 Å². The molecule has 3 N–H and O–H groups in total. The molecule has 2 rings (SSSR count). The van der Waals surface area contributed by atoms with Crippen LogP contribution in [0, 0.1) is 13.8 Å². The lowest BCUT2D eigenvalue weighted by molar-refractivity contribution is 0.102. The molecular formula is C15H17N3O3. The molecule has 1 unspecified atom stereocenters. The SMILES string of the molecule is Cc1n[nH]c(=O)c(C(=O)Nc2ccccc2C(C)O)c1C. The van der Waals surface area contributed by atoms with Gasteiger partial charge in [-0.15, -0.1) is 0 Å². The minimum atomic E-state index is -0.722. The molecule has 0 aliphatic rings. The lowest BCUT2D eigenvalue weighted by Crippen LogP contribution is -2.27. The second-order valence-electron chi connectivity index (χ2n) is 4.86. The molecule has 1 atom stereocenters. The quantitative estimate of drug-likeness (QED) is 0.800. The van der Waals surface area contributed by atoms with Crippen molar-refractivity contribution in [3.05, 3.63) is 57.0 Å². The van der Waals surface area contributed by atoms with Gasteiger partial charge in [-0.1, -0.05) is 18.2 Å². The summed E-state index contributed by atoms with van der Waals surface area (Å²) in [6.45, 7) is 5.00. The molecule has 1 amide bonds. The van der Waals surface area contributed by atoms with Crippen molar-refractivity contribution in [3.63, 3.8) is 0 Å². The van der Waals surface area contributed by atoms with Crippen LogP contribution in [0.1, 0.15) is 40.2 Å². The standard InChI is InChI=1S/C15H17N3O3/c1-8-9(2)17-18-15(21)13(8)14(20)16-12-7-5-4-6-11(12)10(3)19/h4-7,10,19H,1-3H3,(H,16,20)(H,18,21). The van der Waals surface area contributed by atoms with Crippen molar-refractivity contribution in [1.29, 1.82) is 0 Å². The average Bonchev–Trinajstić information content (AvgIpc) is 2.43. The number of aromatic amines is 1. The van der Waals surface area contributed by atoms with Crippen LogP contribution in [0.3, 0.4) is 0 Å². The minimum absolute atomic E-state index is 0.0305. The number of aryl methyl sites for hydroxylation is 1. The zero-order valence-electron chi connectivity index (χ0n) is 12.1. The van der Waals surface area contributed by atoms with E-state index in [2.05, 4.69) is 15.5 Å². The predicted octanol–water partition coefficient (Wildman–Crippen LogP) is 1.69. The molecule has 1 heterocycles. The number of aliphatic hydroxyl groups excluding tert-OH is 1. The van der Waals surface area contributed by atoms with Crippen molar-refractivity contribution in [2.75, 3.05) is 5.32 Å². The molecule has 6 heteroatoms. The van der Waals surface area contributed by atoms with E-state index >= 15 is 0 Å².